The molecule has 0 heterocycles. The van der Waals surface area contributed by atoms with Crippen LogP contribution < -0.4 is 5.73 Å². The molecule has 0 unspecified atom stereocenters. The minimum Gasteiger partial charge on any atom is -0.330 e. The molecule has 1 fully saturated rings. The van der Waals surface area contributed by atoms with Crippen LogP contribution in [0, 0.1) is 0 Å². The standard InChI is InChI=1S/C13H20N2/c1-15(13-6-7-13)10-12-4-2-11(3-5-12)8-9-14/h2-5,13H,6-10,14H2,1H3. The highest BCUT2D eigenvalue weighted by Gasteiger charge is 2.25. The third-order valence-corrected chi connectivity index (χ3v) is 3.06. The fourth-order valence-electron chi connectivity index (χ4n) is 1.91. The maximum atomic E-state index is 5.52. The number of hydrogen-bond acceptors (Lipinski definition) is 2. The largest absolute Gasteiger partial charge is 0.330 e. The third kappa shape index (κ3) is 3.05. The predicted molar refractivity (Wildman–Crippen MR) is 63.7 cm³/mol. The molecule has 82 valence electrons. The van der Waals surface area contributed by atoms with Crippen LogP contribution in [0.1, 0.15) is 24.0 Å². The van der Waals surface area contributed by atoms with Crippen molar-refractivity contribution in [1.29, 1.82) is 0 Å². The first-order valence-corrected chi connectivity index (χ1v) is 5.77. The van der Waals surface area contributed by atoms with E-state index in [4.69, 9.17) is 5.73 Å². The van der Waals surface area contributed by atoms with Crippen LogP contribution in [0.25, 0.3) is 0 Å². The summed E-state index contributed by atoms with van der Waals surface area (Å²) in [7, 11) is 2.21. The van der Waals surface area contributed by atoms with Crippen LogP contribution in [-0.2, 0) is 13.0 Å². The second kappa shape index (κ2) is 4.77. The Morgan fingerprint density at radius 2 is 1.80 bits per heavy atom. The van der Waals surface area contributed by atoms with E-state index in [-0.39, 0.29) is 0 Å². The highest BCUT2D eigenvalue weighted by molar-refractivity contribution is 5.22. The Balaban J connectivity index is 1.91. The normalized spacial score (nSPS) is 15.9. The summed E-state index contributed by atoms with van der Waals surface area (Å²) in [5.74, 6) is 0. The Kier molecular flexibility index (Phi) is 3.39. The zero-order valence-corrected chi connectivity index (χ0v) is 9.45. The lowest BCUT2D eigenvalue weighted by molar-refractivity contribution is 0.316. The van der Waals surface area contributed by atoms with Crippen LogP contribution in [0.3, 0.4) is 0 Å². The molecular formula is C13H20N2. The van der Waals surface area contributed by atoms with Gasteiger partial charge in [-0.2, -0.15) is 0 Å². The molecular weight excluding hydrogens is 184 g/mol. The SMILES string of the molecule is CN(Cc1ccc(CCN)cc1)C1CC1. The molecule has 1 aliphatic rings. The van der Waals surface area contributed by atoms with Crippen molar-refractivity contribution in [2.24, 2.45) is 5.73 Å². The van der Waals surface area contributed by atoms with Crippen LogP contribution in [0.4, 0.5) is 0 Å². The highest BCUT2D eigenvalue weighted by Crippen LogP contribution is 2.26. The predicted octanol–water partition coefficient (Wildman–Crippen LogP) is 1.78. The topological polar surface area (TPSA) is 29.3 Å². The van der Waals surface area contributed by atoms with Crippen molar-refractivity contribution < 1.29 is 0 Å². The van der Waals surface area contributed by atoms with E-state index in [9.17, 15) is 0 Å². The van der Waals surface area contributed by atoms with E-state index in [1.165, 1.54) is 24.0 Å². The summed E-state index contributed by atoms with van der Waals surface area (Å²) < 4.78 is 0. The number of hydrogen-bond donors (Lipinski definition) is 1. The second-order valence-corrected chi connectivity index (χ2v) is 4.50. The van der Waals surface area contributed by atoms with Gasteiger partial charge in [0.15, 0.2) is 0 Å². The van der Waals surface area contributed by atoms with Crippen LogP contribution >= 0.6 is 0 Å². The van der Waals surface area contributed by atoms with Crippen molar-refractivity contribution in [2.75, 3.05) is 13.6 Å². The van der Waals surface area contributed by atoms with Crippen molar-refractivity contribution in [1.82, 2.24) is 4.90 Å². The molecule has 0 radical (unpaired) electrons. The maximum absolute atomic E-state index is 5.52. The van der Waals surface area contributed by atoms with Gasteiger partial charge < -0.3 is 5.73 Å². The van der Waals surface area contributed by atoms with Gasteiger partial charge in [0.2, 0.25) is 0 Å². The number of rotatable bonds is 5. The Bertz CT molecular complexity index is 301. The first-order chi connectivity index (χ1) is 7.29. The Morgan fingerprint density at radius 1 is 1.20 bits per heavy atom. The summed E-state index contributed by atoms with van der Waals surface area (Å²) >= 11 is 0. The van der Waals surface area contributed by atoms with Crippen molar-refractivity contribution in [3.63, 3.8) is 0 Å². The summed E-state index contributed by atoms with van der Waals surface area (Å²) in [5.41, 5.74) is 8.27. The van der Waals surface area contributed by atoms with Gasteiger partial charge in [-0.05, 0) is 44.0 Å². The lowest BCUT2D eigenvalue weighted by Gasteiger charge is -2.15. The Hall–Kier alpha value is -0.860. The van der Waals surface area contributed by atoms with Crippen molar-refractivity contribution >= 4 is 0 Å². The molecule has 0 atom stereocenters. The molecule has 0 amide bonds. The molecule has 1 aromatic carbocycles. The van der Waals surface area contributed by atoms with Gasteiger partial charge in [0.05, 0.1) is 0 Å². The number of nitrogens with zero attached hydrogens (tertiary/aromatic N) is 1. The fourth-order valence-corrected chi connectivity index (χ4v) is 1.91. The third-order valence-electron chi connectivity index (χ3n) is 3.06. The van der Waals surface area contributed by atoms with E-state index in [1.54, 1.807) is 0 Å². The van der Waals surface area contributed by atoms with E-state index in [0.717, 1.165) is 25.6 Å². The van der Waals surface area contributed by atoms with E-state index in [2.05, 4.69) is 36.2 Å². The number of benzene rings is 1. The molecule has 1 aromatic rings. The van der Waals surface area contributed by atoms with Gasteiger partial charge in [0.25, 0.3) is 0 Å². The zero-order valence-electron chi connectivity index (χ0n) is 9.45. The summed E-state index contributed by atoms with van der Waals surface area (Å²) in [6, 6.07) is 9.69. The van der Waals surface area contributed by atoms with Crippen molar-refractivity contribution in [3.8, 4) is 0 Å². The molecule has 0 spiro atoms. The van der Waals surface area contributed by atoms with Crippen LogP contribution in [0.2, 0.25) is 0 Å². The van der Waals surface area contributed by atoms with E-state index >= 15 is 0 Å². The van der Waals surface area contributed by atoms with E-state index in [1.807, 2.05) is 0 Å². The fraction of sp³-hybridized carbons (Fsp3) is 0.538. The van der Waals surface area contributed by atoms with Gasteiger partial charge in [-0.25, -0.2) is 0 Å². The first-order valence-electron chi connectivity index (χ1n) is 5.77. The van der Waals surface area contributed by atoms with Crippen molar-refractivity contribution in [2.45, 2.75) is 31.8 Å². The average molecular weight is 204 g/mol. The second-order valence-electron chi connectivity index (χ2n) is 4.50. The molecule has 0 aliphatic heterocycles. The van der Waals surface area contributed by atoms with Gasteiger partial charge >= 0.3 is 0 Å². The lowest BCUT2D eigenvalue weighted by atomic mass is 10.1. The van der Waals surface area contributed by atoms with Gasteiger partial charge in [-0.3, -0.25) is 4.90 Å². The van der Waals surface area contributed by atoms with Gasteiger partial charge in [0.1, 0.15) is 0 Å². The van der Waals surface area contributed by atoms with Crippen LogP contribution in [-0.4, -0.2) is 24.5 Å². The van der Waals surface area contributed by atoms with Gasteiger partial charge in [-0.1, -0.05) is 24.3 Å². The first kappa shape index (κ1) is 10.7. The minimum absolute atomic E-state index is 0.737. The Labute approximate surface area is 92.1 Å². The monoisotopic (exact) mass is 204 g/mol. The maximum Gasteiger partial charge on any atom is 0.0233 e. The van der Waals surface area contributed by atoms with E-state index in [0.29, 0.717) is 0 Å². The van der Waals surface area contributed by atoms with Crippen molar-refractivity contribution in [3.05, 3.63) is 35.4 Å². The summed E-state index contributed by atoms with van der Waals surface area (Å²) in [6.45, 7) is 1.81. The number of nitrogens with two attached hydrogens (primary N) is 1. The molecule has 0 saturated heterocycles. The minimum atomic E-state index is 0.737. The Morgan fingerprint density at radius 3 is 2.33 bits per heavy atom. The van der Waals surface area contributed by atoms with Crippen LogP contribution in [0.5, 0.6) is 0 Å². The average Bonchev–Trinajstić information content (AvgIpc) is 3.04. The molecule has 2 nitrogen and oxygen atoms in total. The van der Waals surface area contributed by atoms with Gasteiger partial charge in [-0.15, -0.1) is 0 Å². The highest BCUT2D eigenvalue weighted by atomic mass is 15.1. The smallest absolute Gasteiger partial charge is 0.0233 e. The molecule has 1 aliphatic carbocycles. The molecule has 1 saturated carbocycles. The quantitative estimate of drug-likeness (QED) is 0.792. The molecule has 0 bridgehead atoms. The summed E-state index contributed by atoms with van der Waals surface area (Å²) in [6.07, 6.45) is 3.74. The van der Waals surface area contributed by atoms with E-state index < -0.39 is 0 Å². The molecule has 2 rings (SSSR count). The molecule has 15 heavy (non-hydrogen) atoms. The summed E-state index contributed by atoms with van der Waals surface area (Å²) in [5, 5.41) is 0. The van der Waals surface area contributed by atoms with Crippen LogP contribution in [0.15, 0.2) is 24.3 Å². The molecule has 2 heteroatoms. The zero-order chi connectivity index (χ0) is 10.7. The molecule has 2 N–H and O–H groups in total. The van der Waals surface area contributed by atoms with Gasteiger partial charge in [0, 0.05) is 12.6 Å². The lowest BCUT2D eigenvalue weighted by Crippen LogP contribution is -2.19. The molecule has 0 aromatic heterocycles. The summed E-state index contributed by atoms with van der Waals surface area (Å²) in [4.78, 5) is 2.44.